The average Bonchev–Trinajstić information content (AvgIpc) is 2.17. The van der Waals surface area contributed by atoms with E-state index in [0.29, 0.717) is 0 Å². The van der Waals surface area contributed by atoms with E-state index in [4.69, 9.17) is 0 Å². The zero-order valence-corrected chi connectivity index (χ0v) is 9.51. The molecule has 1 atom stereocenters. The second kappa shape index (κ2) is 5.56. The average molecular weight is 223 g/mol. The molecule has 0 aliphatic rings. The Bertz CT molecular complexity index is 365. The Morgan fingerprint density at radius 1 is 1.53 bits per heavy atom. The predicted octanol–water partition coefficient (Wildman–Crippen LogP) is 2.17. The number of thioether (sulfide) groups is 1. The van der Waals surface area contributed by atoms with Crippen LogP contribution in [0.2, 0.25) is 0 Å². The lowest BCUT2D eigenvalue weighted by Gasteiger charge is -2.13. The number of amides is 1. The molecule has 0 aliphatic heterocycles. The van der Waals surface area contributed by atoms with Crippen molar-refractivity contribution in [2.45, 2.75) is 24.8 Å². The highest BCUT2D eigenvalue weighted by atomic mass is 32.2. The second-order valence-electron chi connectivity index (χ2n) is 3.21. The van der Waals surface area contributed by atoms with E-state index in [-0.39, 0.29) is 11.9 Å². The van der Waals surface area contributed by atoms with E-state index in [2.05, 4.69) is 5.32 Å². The largest absolute Gasteiger partial charge is 0.350 e. The van der Waals surface area contributed by atoms with E-state index in [1.165, 1.54) is 6.92 Å². The molecular formula is C11H13NO2S. The summed E-state index contributed by atoms with van der Waals surface area (Å²) in [6.45, 7) is 3.40. The monoisotopic (exact) mass is 223 g/mol. The molecule has 1 aromatic carbocycles. The molecular weight excluding hydrogens is 210 g/mol. The number of rotatable bonds is 4. The van der Waals surface area contributed by atoms with Gasteiger partial charge in [0.15, 0.2) is 5.62 Å². The highest BCUT2D eigenvalue weighted by molar-refractivity contribution is 8.11. The molecule has 80 valence electrons. The molecule has 1 rings (SSSR count). The van der Waals surface area contributed by atoms with Crippen LogP contribution in [0.3, 0.4) is 0 Å². The first kappa shape index (κ1) is 11.8. The van der Waals surface area contributed by atoms with Gasteiger partial charge in [0.1, 0.15) is 0 Å². The molecule has 0 aliphatic carbocycles. The fourth-order valence-electron chi connectivity index (χ4n) is 1.30. The summed E-state index contributed by atoms with van der Waals surface area (Å²) in [5, 5.41) is 2.79. The third-order valence-corrected chi connectivity index (χ3v) is 2.58. The van der Waals surface area contributed by atoms with Crippen molar-refractivity contribution >= 4 is 23.3 Å². The minimum Gasteiger partial charge on any atom is -0.350 e. The van der Waals surface area contributed by atoms with Crippen LogP contribution in [0.5, 0.6) is 0 Å². The molecule has 3 nitrogen and oxygen atoms in total. The van der Waals surface area contributed by atoms with Crippen LogP contribution in [0.25, 0.3) is 0 Å². The van der Waals surface area contributed by atoms with E-state index in [1.54, 1.807) is 0 Å². The van der Waals surface area contributed by atoms with Gasteiger partial charge in [-0.3, -0.25) is 9.59 Å². The lowest BCUT2D eigenvalue weighted by molar-refractivity contribution is -0.119. The van der Waals surface area contributed by atoms with Crippen molar-refractivity contribution in [2.75, 3.05) is 0 Å². The van der Waals surface area contributed by atoms with Gasteiger partial charge in [-0.25, -0.2) is 0 Å². The van der Waals surface area contributed by atoms with Crippen LogP contribution in [0.15, 0.2) is 29.2 Å². The molecule has 0 bridgehead atoms. The highest BCUT2D eigenvalue weighted by Crippen LogP contribution is 2.20. The third kappa shape index (κ3) is 3.75. The summed E-state index contributed by atoms with van der Waals surface area (Å²) in [6, 6.07) is 7.53. The van der Waals surface area contributed by atoms with Crippen molar-refractivity contribution in [3.05, 3.63) is 29.8 Å². The highest BCUT2D eigenvalue weighted by Gasteiger charge is 2.06. The van der Waals surface area contributed by atoms with Crippen molar-refractivity contribution < 1.29 is 9.59 Å². The maximum atomic E-state index is 10.9. The molecule has 1 N–H and O–H groups in total. The van der Waals surface area contributed by atoms with Gasteiger partial charge in [-0.1, -0.05) is 23.9 Å². The van der Waals surface area contributed by atoms with Crippen LogP contribution < -0.4 is 5.32 Å². The van der Waals surface area contributed by atoms with Crippen LogP contribution in [-0.4, -0.2) is 11.5 Å². The summed E-state index contributed by atoms with van der Waals surface area (Å²) in [7, 11) is 0. The minimum atomic E-state index is -0.0593. The zero-order valence-electron chi connectivity index (χ0n) is 8.69. The topological polar surface area (TPSA) is 46.2 Å². The molecule has 4 heteroatoms. The molecule has 0 spiro atoms. The van der Waals surface area contributed by atoms with Crippen LogP contribution >= 0.6 is 11.8 Å². The van der Waals surface area contributed by atoms with Crippen molar-refractivity contribution in [3.63, 3.8) is 0 Å². The quantitative estimate of drug-likeness (QED) is 0.628. The van der Waals surface area contributed by atoms with Crippen LogP contribution in [0, 0.1) is 0 Å². The predicted molar refractivity (Wildman–Crippen MR) is 61.3 cm³/mol. The summed E-state index contributed by atoms with van der Waals surface area (Å²) < 4.78 is 0. The molecule has 0 aromatic heterocycles. The number of nitrogens with one attached hydrogen (secondary N) is 1. The number of carbonyl (C=O) groups is 2. The fourth-order valence-corrected chi connectivity index (χ4v) is 1.77. The SMILES string of the molecule is CC(=O)NC(C)c1cccc(SC=O)c1. The Hall–Kier alpha value is -1.29. The van der Waals surface area contributed by atoms with Gasteiger partial charge in [-0.2, -0.15) is 0 Å². The van der Waals surface area contributed by atoms with Gasteiger partial charge < -0.3 is 5.32 Å². The van der Waals surface area contributed by atoms with Gasteiger partial charge in [0, 0.05) is 11.8 Å². The first-order valence-electron chi connectivity index (χ1n) is 4.61. The molecule has 0 heterocycles. The Kier molecular flexibility index (Phi) is 4.37. The first-order chi connectivity index (χ1) is 7.13. The van der Waals surface area contributed by atoms with Crippen LogP contribution in [-0.2, 0) is 9.59 Å². The number of hydrogen-bond donors (Lipinski definition) is 1. The molecule has 15 heavy (non-hydrogen) atoms. The molecule has 1 aromatic rings. The maximum absolute atomic E-state index is 10.9. The summed E-state index contributed by atoms with van der Waals surface area (Å²) in [5.41, 5.74) is 1.79. The summed E-state index contributed by atoms with van der Waals surface area (Å²) in [6.07, 6.45) is 0. The summed E-state index contributed by atoms with van der Waals surface area (Å²) in [4.78, 5) is 22.1. The van der Waals surface area contributed by atoms with E-state index in [1.807, 2.05) is 31.2 Å². The second-order valence-corrected chi connectivity index (χ2v) is 4.11. The molecule has 0 radical (unpaired) electrons. The Morgan fingerprint density at radius 2 is 2.27 bits per heavy atom. The van der Waals surface area contributed by atoms with E-state index in [0.717, 1.165) is 27.8 Å². The minimum absolute atomic E-state index is 0.0327. The summed E-state index contributed by atoms with van der Waals surface area (Å²) in [5.74, 6) is -0.0593. The Labute approximate surface area is 93.3 Å². The molecule has 0 fully saturated rings. The van der Waals surface area contributed by atoms with Gasteiger partial charge in [0.05, 0.1) is 6.04 Å². The molecule has 1 unspecified atom stereocenters. The smallest absolute Gasteiger partial charge is 0.217 e. The molecule has 0 saturated carbocycles. The van der Waals surface area contributed by atoms with Gasteiger partial charge in [-0.15, -0.1) is 0 Å². The van der Waals surface area contributed by atoms with Gasteiger partial charge in [0.25, 0.3) is 0 Å². The fraction of sp³-hybridized carbons (Fsp3) is 0.273. The van der Waals surface area contributed by atoms with Crippen molar-refractivity contribution in [2.24, 2.45) is 0 Å². The Morgan fingerprint density at radius 3 is 2.87 bits per heavy atom. The summed E-state index contributed by atoms with van der Waals surface area (Å²) >= 11 is 1.13. The van der Waals surface area contributed by atoms with Crippen molar-refractivity contribution in [1.82, 2.24) is 5.32 Å². The van der Waals surface area contributed by atoms with Gasteiger partial charge in [-0.05, 0) is 24.6 Å². The van der Waals surface area contributed by atoms with Crippen LogP contribution in [0.1, 0.15) is 25.5 Å². The van der Waals surface area contributed by atoms with E-state index >= 15 is 0 Å². The van der Waals surface area contributed by atoms with Gasteiger partial charge >= 0.3 is 0 Å². The molecule has 1 amide bonds. The van der Waals surface area contributed by atoms with E-state index in [9.17, 15) is 9.59 Å². The zero-order chi connectivity index (χ0) is 11.3. The van der Waals surface area contributed by atoms with Crippen molar-refractivity contribution in [3.8, 4) is 0 Å². The maximum Gasteiger partial charge on any atom is 0.217 e. The standard InChI is InChI=1S/C11H13NO2S/c1-8(12-9(2)14)10-4-3-5-11(6-10)15-7-13/h3-8H,1-2H3,(H,12,14). The lowest BCUT2D eigenvalue weighted by atomic mass is 10.1. The lowest BCUT2D eigenvalue weighted by Crippen LogP contribution is -2.23. The Balaban J connectivity index is 2.79. The first-order valence-corrected chi connectivity index (χ1v) is 5.49. The number of hydrogen-bond acceptors (Lipinski definition) is 3. The van der Waals surface area contributed by atoms with Crippen molar-refractivity contribution in [1.29, 1.82) is 0 Å². The third-order valence-electron chi connectivity index (χ3n) is 1.96. The molecule has 0 saturated heterocycles. The number of benzene rings is 1. The van der Waals surface area contributed by atoms with E-state index < -0.39 is 0 Å². The number of carbonyl (C=O) groups excluding carboxylic acids is 2. The van der Waals surface area contributed by atoms with Gasteiger partial charge in [0.2, 0.25) is 5.91 Å². The van der Waals surface area contributed by atoms with Crippen LogP contribution in [0.4, 0.5) is 0 Å². The normalized spacial score (nSPS) is 11.9.